The lowest BCUT2D eigenvalue weighted by atomic mass is 10.3. The summed E-state index contributed by atoms with van der Waals surface area (Å²) in [7, 11) is 0. The molecule has 0 nitrogen and oxygen atoms in total. The van der Waals surface area contributed by atoms with E-state index < -0.39 is 0 Å². The predicted octanol–water partition coefficient (Wildman–Crippen LogP) is 3.00. The van der Waals surface area contributed by atoms with Crippen LogP contribution in [0.5, 0.6) is 0 Å². The Hall–Kier alpha value is -0.700. The van der Waals surface area contributed by atoms with Gasteiger partial charge < -0.3 is 0 Å². The summed E-state index contributed by atoms with van der Waals surface area (Å²) in [6, 6.07) is 0. The molecule has 0 aliphatic heterocycles. The Morgan fingerprint density at radius 1 is 1.56 bits per heavy atom. The van der Waals surface area contributed by atoms with Gasteiger partial charge in [0.1, 0.15) is 0 Å². The highest BCUT2D eigenvalue weighted by atomic mass is 13.7. The van der Waals surface area contributed by atoms with Crippen molar-refractivity contribution in [3.05, 3.63) is 12.2 Å². The summed E-state index contributed by atoms with van der Waals surface area (Å²) >= 11 is 0. The van der Waals surface area contributed by atoms with Crippen molar-refractivity contribution >= 4 is 0 Å². The Morgan fingerprint density at radius 2 is 1.78 bits per heavy atom. The topological polar surface area (TPSA) is 0 Å². The lowest BCUT2D eigenvalue weighted by Crippen LogP contribution is -1.58. The highest BCUT2D eigenvalue weighted by Crippen LogP contribution is 1.88. The van der Waals surface area contributed by atoms with Gasteiger partial charge in [-0.3, -0.25) is 0 Å². The van der Waals surface area contributed by atoms with E-state index in [0.717, 1.165) is 12.8 Å². The molecule has 0 fully saturated rings. The molecule has 0 unspecified atom stereocenters. The van der Waals surface area contributed by atoms with Gasteiger partial charge in [0.25, 0.3) is 0 Å². The van der Waals surface area contributed by atoms with Crippen LogP contribution in [0.2, 0.25) is 0 Å². The van der Waals surface area contributed by atoms with Gasteiger partial charge in [-0.2, -0.15) is 0 Å². The molecule has 0 bridgehead atoms. The summed E-state index contributed by atoms with van der Waals surface area (Å²) < 4.78 is 0. The van der Waals surface area contributed by atoms with Gasteiger partial charge in [-0.15, -0.1) is 18.9 Å². The quantitative estimate of drug-likeness (QED) is 0.372. The van der Waals surface area contributed by atoms with Gasteiger partial charge in [-0.1, -0.05) is 19.4 Å². The van der Waals surface area contributed by atoms with E-state index in [-0.39, 0.29) is 0 Å². The minimum Gasteiger partial charge on any atom is -0.120 e. The molecule has 0 heteroatoms. The van der Waals surface area contributed by atoms with Gasteiger partial charge in [-0.05, 0) is 13.3 Å². The summed E-state index contributed by atoms with van der Waals surface area (Å²) in [5.41, 5.74) is 1.25. The Bertz CT molecular complexity index is 93.1. The molecule has 0 aliphatic carbocycles. The van der Waals surface area contributed by atoms with Crippen LogP contribution in [-0.4, -0.2) is 0 Å². The Kier molecular flexibility index (Phi) is 12.8. The van der Waals surface area contributed by atoms with Crippen molar-refractivity contribution in [1.29, 1.82) is 0 Å². The standard InChI is InChI=1S/C5H10.C4H6/c1-4-5(2)3;1-3-4-2/h2,4H2,1,3H3;1H,4H2,2H3. The molecule has 0 amide bonds. The van der Waals surface area contributed by atoms with Crippen LogP contribution in [-0.2, 0) is 0 Å². The molecule has 0 atom stereocenters. The minimum absolute atomic E-state index is 0.847. The fourth-order valence-corrected chi connectivity index (χ4v) is 0. The molecular formula is C9H16. The van der Waals surface area contributed by atoms with Crippen LogP contribution in [0.1, 0.15) is 33.6 Å². The van der Waals surface area contributed by atoms with Crippen molar-refractivity contribution in [1.82, 2.24) is 0 Å². The first-order chi connectivity index (χ1) is 4.18. The second-order valence-electron chi connectivity index (χ2n) is 1.87. The number of terminal acetylenes is 1. The molecule has 52 valence electrons. The van der Waals surface area contributed by atoms with Gasteiger partial charge >= 0.3 is 0 Å². The maximum absolute atomic E-state index is 4.78. The molecule has 0 aromatic rings. The van der Waals surface area contributed by atoms with Gasteiger partial charge in [-0.25, -0.2) is 0 Å². The van der Waals surface area contributed by atoms with Crippen molar-refractivity contribution in [3.63, 3.8) is 0 Å². The minimum atomic E-state index is 0.847. The third kappa shape index (κ3) is 38.8. The molecule has 0 heterocycles. The van der Waals surface area contributed by atoms with Gasteiger partial charge in [0.05, 0.1) is 0 Å². The van der Waals surface area contributed by atoms with Crippen molar-refractivity contribution in [2.24, 2.45) is 0 Å². The molecular weight excluding hydrogens is 108 g/mol. The molecule has 0 aliphatic rings. The lowest BCUT2D eigenvalue weighted by molar-refractivity contribution is 1.11. The van der Waals surface area contributed by atoms with Crippen LogP contribution in [0, 0.1) is 12.3 Å². The average molecular weight is 124 g/mol. The smallest absolute Gasteiger partial charge is 0.00576 e. The Labute approximate surface area is 59.0 Å². The third-order valence-corrected chi connectivity index (χ3v) is 0.808. The Morgan fingerprint density at radius 3 is 1.78 bits per heavy atom. The van der Waals surface area contributed by atoms with Crippen molar-refractivity contribution in [3.8, 4) is 12.3 Å². The van der Waals surface area contributed by atoms with Gasteiger partial charge in [0.15, 0.2) is 0 Å². The molecule has 0 N–H and O–H groups in total. The van der Waals surface area contributed by atoms with E-state index in [9.17, 15) is 0 Å². The molecule has 0 spiro atoms. The molecule has 0 aromatic heterocycles. The average Bonchev–Trinajstić information content (AvgIpc) is 1.89. The zero-order valence-electron chi connectivity index (χ0n) is 6.70. The fraction of sp³-hybridized carbons (Fsp3) is 0.556. The first-order valence-electron chi connectivity index (χ1n) is 3.26. The summed E-state index contributed by atoms with van der Waals surface area (Å²) in [5.74, 6) is 2.43. The monoisotopic (exact) mass is 124 g/mol. The summed E-state index contributed by atoms with van der Waals surface area (Å²) in [5, 5.41) is 0. The van der Waals surface area contributed by atoms with E-state index in [1.807, 2.05) is 13.8 Å². The summed E-state index contributed by atoms with van der Waals surface area (Å²) in [4.78, 5) is 0. The maximum Gasteiger partial charge on any atom is 0.00576 e. The summed E-state index contributed by atoms with van der Waals surface area (Å²) in [6.07, 6.45) is 6.74. The van der Waals surface area contributed by atoms with E-state index in [1.54, 1.807) is 0 Å². The highest BCUT2D eigenvalue weighted by Gasteiger charge is 1.67. The molecule has 0 saturated carbocycles. The highest BCUT2D eigenvalue weighted by molar-refractivity contribution is 4.84. The first kappa shape index (κ1) is 11.1. The predicted molar refractivity (Wildman–Crippen MR) is 44.2 cm³/mol. The van der Waals surface area contributed by atoms with Crippen molar-refractivity contribution in [2.45, 2.75) is 33.6 Å². The van der Waals surface area contributed by atoms with E-state index >= 15 is 0 Å². The summed E-state index contributed by atoms with van der Waals surface area (Å²) in [6.45, 7) is 9.75. The van der Waals surface area contributed by atoms with Crippen LogP contribution in [0.3, 0.4) is 0 Å². The fourth-order valence-electron chi connectivity index (χ4n) is 0. The van der Waals surface area contributed by atoms with Crippen molar-refractivity contribution < 1.29 is 0 Å². The first-order valence-corrected chi connectivity index (χ1v) is 3.26. The van der Waals surface area contributed by atoms with E-state index in [2.05, 4.69) is 19.4 Å². The van der Waals surface area contributed by atoms with Gasteiger partial charge in [0, 0.05) is 6.42 Å². The number of rotatable bonds is 1. The molecule has 0 aromatic carbocycles. The maximum atomic E-state index is 4.78. The normalized spacial score (nSPS) is 6.44. The van der Waals surface area contributed by atoms with Crippen LogP contribution in [0.15, 0.2) is 12.2 Å². The van der Waals surface area contributed by atoms with Crippen LogP contribution in [0.4, 0.5) is 0 Å². The Balaban J connectivity index is 0. The van der Waals surface area contributed by atoms with Crippen LogP contribution >= 0.6 is 0 Å². The third-order valence-electron chi connectivity index (χ3n) is 0.808. The lowest BCUT2D eigenvalue weighted by Gasteiger charge is -1.79. The molecule has 0 rings (SSSR count). The number of hydrogen-bond acceptors (Lipinski definition) is 0. The van der Waals surface area contributed by atoms with E-state index in [0.29, 0.717) is 0 Å². The van der Waals surface area contributed by atoms with Gasteiger partial charge in [0.2, 0.25) is 0 Å². The molecule has 9 heavy (non-hydrogen) atoms. The zero-order valence-corrected chi connectivity index (χ0v) is 6.70. The van der Waals surface area contributed by atoms with Crippen LogP contribution < -0.4 is 0 Å². The van der Waals surface area contributed by atoms with Crippen LogP contribution in [0.25, 0.3) is 0 Å². The molecule has 0 radical (unpaired) electrons. The SMILES string of the molecule is C#CCC.C=C(C)CC. The zero-order chi connectivity index (χ0) is 7.70. The van der Waals surface area contributed by atoms with Crippen molar-refractivity contribution in [2.75, 3.05) is 0 Å². The van der Waals surface area contributed by atoms with E-state index in [4.69, 9.17) is 6.42 Å². The second kappa shape index (κ2) is 10.3. The second-order valence-corrected chi connectivity index (χ2v) is 1.87. The number of allylic oxidation sites excluding steroid dienone is 1. The van der Waals surface area contributed by atoms with E-state index in [1.165, 1.54) is 5.57 Å². The largest absolute Gasteiger partial charge is 0.120 e. The number of hydrogen-bond donors (Lipinski definition) is 0. The molecule has 0 saturated heterocycles.